The van der Waals surface area contributed by atoms with Gasteiger partial charge in [-0.25, -0.2) is 9.78 Å². The van der Waals surface area contributed by atoms with Crippen LogP contribution in [-0.4, -0.2) is 65.4 Å². The molecule has 2 aliphatic rings. The Hall–Kier alpha value is -1.66. The zero-order valence-electron chi connectivity index (χ0n) is 15.2. The maximum absolute atomic E-state index is 10.9. The topological polar surface area (TPSA) is 65.9 Å². The molecule has 2 fully saturated rings. The van der Waals surface area contributed by atoms with Gasteiger partial charge >= 0.3 is 5.97 Å². The summed E-state index contributed by atoms with van der Waals surface area (Å²) >= 11 is 0. The number of anilines is 1. The summed E-state index contributed by atoms with van der Waals surface area (Å²) in [7, 11) is 0. The molecular weight excluding hydrogens is 318 g/mol. The molecule has 6 heteroatoms. The number of aromatic carboxylic acids is 1. The first-order chi connectivity index (χ1) is 12.0. The minimum Gasteiger partial charge on any atom is -0.477 e. The number of rotatable bonds is 5. The van der Waals surface area contributed by atoms with Crippen molar-refractivity contribution in [3.05, 3.63) is 24.0 Å². The highest BCUT2D eigenvalue weighted by Crippen LogP contribution is 2.24. The van der Waals surface area contributed by atoms with Gasteiger partial charge in [-0.1, -0.05) is 0 Å². The molecular formula is C19H29N3O3. The van der Waals surface area contributed by atoms with E-state index in [0.717, 1.165) is 57.5 Å². The van der Waals surface area contributed by atoms with Crippen LogP contribution in [0.2, 0.25) is 0 Å². The number of piperidine rings is 2. The lowest BCUT2D eigenvalue weighted by atomic mass is 10.0. The molecule has 0 amide bonds. The highest BCUT2D eigenvalue weighted by molar-refractivity contribution is 5.85. The van der Waals surface area contributed by atoms with Gasteiger partial charge in [0.2, 0.25) is 0 Å². The Morgan fingerprint density at radius 3 is 2.20 bits per heavy atom. The third-order valence-corrected chi connectivity index (χ3v) is 5.37. The van der Waals surface area contributed by atoms with E-state index in [2.05, 4.69) is 28.6 Å². The van der Waals surface area contributed by atoms with Crippen molar-refractivity contribution in [3.8, 4) is 0 Å². The number of carbonyl (C=O) groups is 1. The van der Waals surface area contributed by atoms with Gasteiger partial charge in [0, 0.05) is 32.2 Å². The van der Waals surface area contributed by atoms with Crippen molar-refractivity contribution in [2.45, 2.75) is 57.8 Å². The van der Waals surface area contributed by atoms with Gasteiger partial charge < -0.3 is 19.6 Å². The molecule has 2 aliphatic heterocycles. The van der Waals surface area contributed by atoms with Crippen molar-refractivity contribution in [2.24, 2.45) is 0 Å². The van der Waals surface area contributed by atoms with E-state index >= 15 is 0 Å². The lowest BCUT2D eigenvalue weighted by Crippen LogP contribution is -2.43. The molecule has 2 saturated heterocycles. The molecule has 0 radical (unpaired) electrons. The first-order valence-corrected chi connectivity index (χ1v) is 9.36. The van der Waals surface area contributed by atoms with Crippen molar-refractivity contribution in [1.29, 1.82) is 0 Å². The molecule has 6 nitrogen and oxygen atoms in total. The Labute approximate surface area is 149 Å². The molecule has 0 spiro atoms. The Balaban J connectivity index is 1.44. The molecule has 25 heavy (non-hydrogen) atoms. The summed E-state index contributed by atoms with van der Waals surface area (Å²) in [5, 5.41) is 8.93. The summed E-state index contributed by atoms with van der Waals surface area (Å²) in [6, 6.07) is 4.05. The number of aromatic nitrogens is 1. The van der Waals surface area contributed by atoms with Gasteiger partial charge in [-0.2, -0.15) is 0 Å². The van der Waals surface area contributed by atoms with Crippen LogP contribution >= 0.6 is 0 Å². The normalized spacial score (nSPS) is 21.0. The average Bonchev–Trinajstić information content (AvgIpc) is 2.63. The Bertz CT molecular complexity index is 560. The summed E-state index contributed by atoms with van der Waals surface area (Å²) in [4.78, 5) is 19.7. The molecule has 0 unspecified atom stereocenters. The molecule has 3 rings (SSSR count). The van der Waals surface area contributed by atoms with Gasteiger partial charge in [-0.15, -0.1) is 0 Å². The molecule has 0 atom stereocenters. The summed E-state index contributed by atoms with van der Waals surface area (Å²) in [5.41, 5.74) is 1.09. The van der Waals surface area contributed by atoms with E-state index in [1.807, 2.05) is 6.07 Å². The van der Waals surface area contributed by atoms with Crippen LogP contribution in [0.3, 0.4) is 0 Å². The molecule has 0 aliphatic carbocycles. The smallest absolute Gasteiger partial charge is 0.354 e. The fraction of sp³-hybridized carbons (Fsp3) is 0.684. The molecule has 0 aromatic carbocycles. The number of carboxylic acids is 1. The lowest BCUT2D eigenvalue weighted by molar-refractivity contribution is -0.0540. The van der Waals surface area contributed by atoms with Crippen molar-refractivity contribution in [2.75, 3.05) is 31.1 Å². The molecule has 1 N–H and O–H groups in total. The number of hydrogen-bond acceptors (Lipinski definition) is 5. The molecule has 3 heterocycles. The van der Waals surface area contributed by atoms with Crippen LogP contribution in [-0.2, 0) is 4.74 Å². The summed E-state index contributed by atoms with van der Waals surface area (Å²) in [5.74, 6) is -0.984. The summed E-state index contributed by atoms with van der Waals surface area (Å²) in [6.07, 6.45) is 6.72. The van der Waals surface area contributed by atoms with Crippen LogP contribution < -0.4 is 4.90 Å². The predicted octanol–water partition coefficient (Wildman–Crippen LogP) is 2.64. The lowest BCUT2D eigenvalue weighted by Gasteiger charge is -2.38. The second-order valence-electron chi connectivity index (χ2n) is 7.36. The van der Waals surface area contributed by atoms with E-state index < -0.39 is 5.97 Å². The van der Waals surface area contributed by atoms with E-state index in [1.165, 1.54) is 0 Å². The average molecular weight is 347 g/mol. The van der Waals surface area contributed by atoms with Crippen molar-refractivity contribution >= 4 is 11.7 Å². The van der Waals surface area contributed by atoms with E-state index in [-0.39, 0.29) is 5.69 Å². The van der Waals surface area contributed by atoms with Gasteiger partial charge in [0.15, 0.2) is 0 Å². The highest BCUT2D eigenvalue weighted by atomic mass is 16.5. The molecule has 1 aromatic rings. The molecule has 138 valence electrons. The van der Waals surface area contributed by atoms with Gasteiger partial charge in [0.05, 0.1) is 24.1 Å². The quantitative estimate of drug-likeness (QED) is 0.883. The second kappa shape index (κ2) is 8.15. The van der Waals surface area contributed by atoms with E-state index in [9.17, 15) is 4.79 Å². The van der Waals surface area contributed by atoms with Gasteiger partial charge in [0.1, 0.15) is 5.69 Å². The Morgan fingerprint density at radius 2 is 1.72 bits per heavy atom. The van der Waals surface area contributed by atoms with E-state index in [4.69, 9.17) is 9.84 Å². The van der Waals surface area contributed by atoms with Gasteiger partial charge in [-0.3, -0.25) is 0 Å². The van der Waals surface area contributed by atoms with Crippen LogP contribution in [0.15, 0.2) is 18.3 Å². The number of ether oxygens (including phenoxy) is 1. The highest BCUT2D eigenvalue weighted by Gasteiger charge is 2.26. The largest absolute Gasteiger partial charge is 0.477 e. The van der Waals surface area contributed by atoms with Crippen molar-refractivity contribution < 1.29 is 14.6 Å². The monoisotopic (exact) mass is 347 g/mol. The zero-order valence-corrected chi connectivity index (χ0v) is 15.2. The number of likely N-dealkylation sites (tertiary alicyclic amines) is 1. The van der Waals surface area contributed by atoms with Crippen LogP contribution in [0.25, 0.3) is 0 Å². The van der Waals surface area contributed by atoms with Gasteiger partial charge in [-0.05, 0) is 51.7 Å². The zero-order chi connectivity index (χ0) is 17.8. The number of carboxylic acid groups (broad SMARTS) is 1. The van der Waals surface area contributed by atoms with Crippen LogP contribution in [0, 0.1) is 0 Å². The first kappa shape index (κ1) is 18.1. The fourth-order valence-corrected chi connectivity index (χ4v) is 3.75. The van der Waals surface area contributed by atoms with E-state index in [0.29, 0.717) is 18.2 Å². The Morgan fingerprint density at radius 1 is 1.12 bits per heavy atom. The maximum Gasteiger partial charge on any atom is 0.354 e. The number of nitrogens with zero attached hydrogens (tertiary/aromatic N) is 3. The predicted molar refractivity (Wildman–Crippen MR) is 97.2 cm³/mol. The summed E-state index contributed by atoms with van der Waals surface area (Å²) < 4.78 is 6.35. The maximum atomic E-state index is 10.9. The first-order valence-electron chi connectivity index (χ1n) is 9.36. The fourth-order valence-electron chi connectivity index (χ4n) is 3.75. The van der Waals surface area contributed by atoms with E-state index in [1.54, 1.807) is 12.3 Å². The molecule has 1 aromatic heterocycles. The number of pyridine rings is 1. The molecule has 0 bridgehead atoms. The minimum absolute atomic E-state index is 0.0923. The third-order valence-electron chi connectivity index (χ3n) is 5.37. The Kier molecular flexibility index (Phi) is 5.91. The third kappa shape index (κ3) is 4.70. The number of hydrogen-bond donors (Lipinski definition) is 1. The van der Waals surface area contributed by atoms with Gasteiger partial charge in [0.25, 0.3) is 0 Å². The van der Waals surface area contributed by atoms with Crippen molar-refractivity contribution in [1.82, 2.24) is 9.88 Å². The van der Waals surface area contributed by atoms with Crippen molar-refractivity contribution in [3.63, 3.8) is 0 Å². The van der Waals surface area contributed by atoms with Crippen LogP contribution in [0.5, 0.6) is 0 Å². The second-order valence-corrected chi connectivity index (χ2v) is 7.36. The standard InChI is InChI=1S/C19H29N3O3/c1-14(2)21-9-5-16(6-10-21)25-17-7-11-22(12-8-17)15-3-4-18(19(23)24)20-13-15/h3-4,13-14,16-17H,5-12H2,1-2H3,(H,23,24). The minimum atomic E-state index is -0.984. The molecule has 0 saturated carbocycles. The SMILES string of the molecule is CC(C)N1CCC(OC2CCN(c3ccc(C(=O)O)nc3)CC2)CC1. The van der Waals surface area contributed by atoms with Crippen LogP contribution in [0.1, 0.15) is 50.0 Å². The summed E-state index contributed by atoms with van der Waals surface area (Å²) in [6.45, 7) is 8.67. The van der Waals surface area contributed by atoms with Crippen LogP contribution in [0.4, 0.5) is 5.69 Å².